The van der Waals surface area contributed by atoms with E-state index in [9.17, 15) is 0 Å². The smallest absolute Gasteiger partial charge is 0.0110 e. The van der Waals surface area contributed by atoms with E-state index < -0.39 is 0 Å². The maximum atomic E-state index is 2.63. The van der Waals surface area contributed by atoms with Crippen LogP contribution >= 0.6 is 0 Å². The molecule has 1 aliphatic rings. The van der Waals surface area contributed by atoms with Gasteiger partial charge in [0.15, 0.2) is 0 Å². The Morgan fingerprint density at radius 2 is 1.41 bits per heavy atom. The van der Waals surface area contributed by atoms with Gasteiger partial charge in [0.25, 0.3) is 0 Å². The van der Waals surface area contributed by atoms with E-state index in [4.69, 9.17) is 0 Å². The summed E-state index contributed by atoms with van der Waals surface area (Å²) in [6.45, 7) is 18.6. The van der Waals surface area contributed by atoms with Gasteiger partial charge in [-0.3, -0.25) is 0 Å². The third-order valence-electron chi connectivity index (χ3n) is 3.17. The van der Waals surface area contributed by atoms with Crippen LogP contribution in [0.4, 0.5) is 0 Å². The quantitative estimate of drug-likeness (QED) is 0.658. The molecule has 0 saturated carbocycles. The molecule has 17 heavy (non-hydrogen) atoms. The predicted octanol–water partition coefficient (Wildman–Crippen LogP) is 3.48. The summed E-state index contributed by atoms with van der Waals surface area (Å²) >= 11 is 0. The monoisotopic (exact) mass is 242 g/mol. The number of rotatable bonds is 6. The molecule has 1 rings (SSSR count). The lowest BCUT2D eigenvalue weighted by molar-refractivity contribution is 0.121. The molecule has 0 amide bonds. The van der Waals surface area contributed by atoms with Crippen LogP contribution in [0, 0.1) is 5.92 Å². The van der Waals surface area contributed by atoms with E-state index >= 15 is 0 Å². The molecule has 1 fully saturated rings. The predicted molar refractivity (Wildman–Crippen MR) is 78.6 cm³/mol. The van der Waals surface area contributed by atoms with Gasteiger partial charge < -0.3 is 9.80 Å². The van der Waals surface area contributed by atoms with Crippen molar-refractivity contribution in [3.8, 4) is 0 Å². The van der Waals surface area contributed by atoms with E-state index in [-0.39, 0.29) is 0 Å². The van der Waals surface area contributed by atoms with Gasteiger partial charge in [0.1, 0.15) is 0 Å². The molecule has 104 valence electrons. The van der Waals surface area contributed by atoms with Crippen molar-refractivity contribution >= 4 is 0 Å². The number of hydrogen-bond donors (Lipinski definition) is 0. The highest BCUT2D eigenvalue weighted by Crippen LogP contribution is 2.06. The van der Waals surface area contributed by atoms with Crippen molar-refractivity contribution in [2.45, 2.75) is 53.9 Å². The van der Waals surface area contributed by atoms with Gasteiger partial charge >= 0.3 is 0 Å². The van der Waals surface area contributed by atoms with Crippen molar-refractivity contribution in [2.75, 3.05) is 39.3 Å². The summed E-state index contributed by atoms with van der Waals surface area (Å²) in [4.78, 5) is 5.24. The first-order chi connectivity index (χ1) is 8.22. The van der Waals surface area contributed by atoms with Gasteiger partial charge in [-0.1, -0.05) is 47.5 Å². The maximum Gasteiger partial charge on any atom is 0.0110 e. The first kappa shape index (κ1) is 16.9. The van der Waals surface area contributed by atoms with Crippen LogP contribution in [0.1, 0.15) is 53.9 Å². The SMILES string of the molecule is CC.CCCCCN1CCN(CC(C)C)CC1. The second-order valence-corrected chi connectivity index (χ2v) is 5.24. The summed E-state index contributed by atoms with van der Waals surface area (Å²) in [5, 5.41) is 0. The molecule has 2 heteroatoms. The molecule has 1 aliphatic heterocycles. The van der Waals surface area contributed by atoms with Gasteiger partial charge in [-0.2, -0.15) is 0 Å². The van der Waals surface area contributed by atoms with E-state index in [1.807, 2.05) is 13.8 Å². The fourth-order valence-corrected chi connectivity index (χ4v) is 2.30. The number of hydrogen-bond acceptors (Lipinski definition) is 2. The van der Waals surface area contributed by atoms with Gasteiger partial charge in [0.2, 0.25) is 0 Å². The number of nitrogens with zero attached hydrogens (tertiary/aromatic N) is 2. The second kappa shape index (κ2) is 11.0. The van der Waals surface area contributed by atoms with Crippen LogP contribution in [0.25, 0.3) is 0 Å². The molecular formula is C15H34N2. The zero-order valence-corrected chi connectivity index (χ0v) is 12.8. The fourth-order valence-electron chi connectivity index (χ4n) is 2.30. The summed E-state index contributed by atoms with van der Waals surface area (Å²) in [5.41, 5.74) is 0. The Morgan fingerprint density at radius 1 is 0.882 bits per heavy atom. The Balaban J connectivity index is 0.00000121. The largest absolute Gasteiger partial charge is 0.301 e. The van der Waals surface area contributed by atoms with Crippen LogP contribution < -0.4 is 0 Å². The topological polar surface area (TPSA) is 6.48 Å². The fraction of sp³-hybridized carbons (Fsp3) is 1.00. The minimum Gasteiger partial charge on any atom is -0.301 e. The van der Waals surface area contributed by atoms with Crippen LogP contribution in [0.5, 0.6) is 0 Å². The summed E-state index contributed by atoms with van der Waals surface area (Å²) in [5.74, 6) is 0.816. The molecule has 0 aromatic carbocycles. The number of piperazine rings is 1. The lowest BCUT2D eigenvalue weighted by Gasteiger charge is -2.35. The minimum atomic E-state index is 0.816. The molecule has 0 aliphatic carbocycles. The Labute approximate surface area is 109 Å². The molecule has 0 bridgehead atoms. The minimum absolute atomic E-state index is 0.816. The van der Waals surface area contributed by atoms with Crippen molar-refractivity contribution in [3.63, 3.8) is 0 Å². The lowest BCUT2D eigenvalue weighted by Crippen LogP contribution is -2.47. The zero-order valence-electron chi connectivity index (χ0n) is 12.8. The highest BCUT2D eigenvalue weighted by Gasteiger charge is 2.16. The van der Waals surface area contributed by atoms with E-state index in [0.717, 1.165) is 5.92 Å². The molecule has 0 aromatic heterocycles. The Kier molecular flexibility index (Phi) is 11.0. The van der Waals surface area contributed by atoms with Crippen LogP contribution in [-0.4, -0.2) is 49.1 Å². The molecule has 1 heterocycles. The molecule has 0 spiro atoms. The normalized spacial score (nSPS) is 18.0. The van der Waals surface area contributed by atoms with Crippen molar-refractivity contribution in [3.05, 3.63) is 0 Å². The summed E-state index contributed by atoms with van der Waals surface area (Å²) in [6, 6.07) is 0. The average molecular weight is 242 g/mol. The zero-order chi connectivity index (χ0) is 13.1. The third kappa shape index (κ3) is 8.62. The maximum absolute atomic E-state index is 2.63. The molecule has 0 N–H and O–H groups in total. The molecule has 0 unspecified atom stereocenters. The van der Waals surface area contributed by atoms with Gasteiger partial charge in [0.05, 0.1) is 0 Å². The van der Waals surface area contributed by atoms with Gasteiger partial charge in [0, 0.05) is 32.7 Å². The van der Waals surface area contributed by atoms with Crippen molar-refractivity contribution in [2.24, 2.45) is 5.92 Å². The van der Waals surface area contributed by atoms with Crippen LogP contribution in [-0.2, 0) is 0 Å². The first-order valence-corrected chi connectivity index (χ1v) is 7.67. The van der Waals surface area contributed by atoms with Crippen molar-refractivity contribution in [1.29, 1.82) is 0 Å². The standard InChI is InChI=1S/C13H28N2.C2H6/c1-4-5-6-7-14-8-10-15(11-9-14)12-13(2)3;1-2/h13H,4-12H2,1-3H3;1-2H3. The van der Waals surface area contributed by atoms with Gasteiger partial charge in [-0.15, -0.1) is 0 Å². The Morgan fingerprint density at radius 3 is 1.88 bits per heavy atom. The molecule has 2 nitrogen and oxygen atoms in total. The van der Waals surface area contributed by atoms with E-state index in [1.54, 1.807) is 0 Å². The lowest BCUT2D eigenvalue weighted by atomic mass is 10.2. The third-order valence-corrected chi connectivity index (χ3v) is 3.17. The van der Waals surface area contributed by atoms with E-state index in [2.05, 4.69) is 30.6 Å². The molecule has 0 aromatic rings. The molecular weight excluding hydrogens is 208 g/mol. The highest BCUT2D eigenvalue weighted by atomic mass is 15.3. The van der Waals surface area contributed by atoms with Crippen LogP contribution in [0.15, 0.2) is 0 Å². The van der Waals surface area contributed by atoms with Crippen LogP contribution in [0.2, 0.25) is 0 Å². The van der Waals surface area contributed by atoms with Crippen molar-refractivity contribution in [1.82, 2.24) is 9.80 Å². The first-order valence-electron chi connectivity index (χ1n) is 7.67. The second-order valence-electron chi connectivity index (χ2n) is 5.24. The highest BCUT2D eigenvalue weighted by molar-refractivity contribution is 4.72. The Bertz CT molecular complexity index is 149. The van der Waals surface area contributed by atoms with Crippen LogP contribution in [0.3, 0.4) is 0 Å². The van der Waals surface area contributed by atoms with Gasteiger partial charge in [-0.25, -0.2) is 0 Å². The summed E-state index contributed by atoms with van der Waals surface area (Å²) in [7, 11) is 0. The van der Waals surface area contributed by atoms with E-state index in [0.29, 0.717) is 0 Å². The average Bonchev–Trinajstić information content (AvgIpc) is 2.34. The molecule has 0 atom stereocenters. The van der Waals surface area contributed by atoms with E-state index in [1.165, 1.54) is 58.5 Å². The molecule has 0 radical (unpaired) electrons. The summed E-state index contributed by atoms with van der Waals surface area (Å²) < 4.78 is 0. The van der Waals surface area contributed by atoms with Crippen molar-refractivity contribution < 1.29 is 0 Å². The van der Waals surface area contributed by atoms with Gasteiger partial charge in [-0.05, 0) is 18.9 Å². The summed E-state index contributed by atoms with van der Waals surface area (Å²) in [6.07, 6.45) is 4.13. The number of unbranched alkanes of at least 4 members (excludes halogenated alkanes) is 2. The molecule has 1 saturated heterocycles. The Hall–Kier alpha value is -0.0800.